The largest absolute Gasteiger partial charge is 0.395 e. The first-order valence-electron chi connectivity index (χ1n) is 24.9. The van der Waals surface area contributed by atoms with Crippen molar-refractivity contribution in [2.45, 2.75) is 233 Å². The molecule has 0 spiro atoms. The normalized spacial score (nSPS) is 12.5. The van der Waals surface area contributed by atoms with Crippen molar-refractivity contribution in [1.29, 1.82) is 0 Å². The van der Waals surface area contributed by atoms with Gasteiger partial charge in [-0.25, -0.2) is 9.59 Å². The lowest BCUT2D eigenvalue weighted by molar-refractivity contribution is 0.190. The molecule has 0 aromatic rings. The lowest BCUT2D eigenvalue weighted by Crippen LogP contribution is -2.38. The van der Waals surface area contributed by atoms with Crippen molar-refractivity contribution in [3.05, 3.63) is 0 Å². The van der Waals surface area contributed by atoms with Crippen LogP contribution in [0.4, 0.5) is 9.59 Å². The van der Waals surface area contributed by atoms with Crippen molar-refractivity contribution in [2.75, 3.05) is 52.4 Å². The van der Waals surface area contributed by atoms with Gasteiger partial charge < -0.3 is 31.3 Å². The van der Waals surface area contributed by atoms with Gasteiger partial charge in [0.25, 0.3) is 0 Å². The number of amides is 4. The Labute approximate surface area is 349 Å². The van der Waals surface area contributed by atoms with E-state index in [1.54, 1.807) is 0 Å². The Balaban J connectivity index is 4.07. The molecule has 5 N–H and O–H groups in total. The number of aliphatic hydroxyl groups is 1. The number of unbranched alkanes of at least 4 members (excludes halogenated alkanes) is 22. The second kappa shape index (κ2) is 44.6. The first-order valence-corrected chi connectivity index (χ1v) is 24.9. The molecule has 0 aliphatic carbocycles. The van der Waals surface area contributed by atoms with E-state index in [0.717, 1.165) is 97.2 Å². The standard InChI is InChI=1S/C48H99N5O3/c1-5-9-13-17-19-27-35-45(33-25-15-11-7-3)43-51-47(55)49-37-29-21-23-31-39-53(41-42-54)40-32-24-22-30-38-50-48(56)52-44-46(34-26-16-12-8-4)36-28-20-18-14-10-6-2/h45-46,54H,5-44H2,1-4H3,(H2,49,51,55)(H2,50,52,56). The minimum absolute atomic E-state index is 0.00426. The summed E-state index contributed by atoms with van der Waals surface area (Å²) in [5, 5.41) is 22.2. The van der Waals surface area contributed by atoms with Crippen LogP contribution in [0.1, 0.15) is 233 Å². The maximum atomic E-state index is 12.5. The SMILES string of the molecule is CCCCCCCCC(CCCCCC)CNC(=O)NCCCCCCN(CCO)CCCCCCNC(=O)NCC(CCCCCC)CCCCCCCC. The Morgan fingerprint density at radius 3 is 1.05 bits per heavy atom. The highest BCUT2D eigenvalue weighted by Crippen LogP contribution is 2.20. The number of hydrogen-bond acceptors (Lipinski definition) is 4. The lowest BCUT2D eigenvalue weighted by atomic mass is 9.94. The summed E-state index contributed by atoms with van der Waals surface area (Å²) in [6, 6.07) is -0.00853. The molecule has 0 bridgehead atoms. The fourth-order valence-corrected chi connectivity index (χ4v) is 7.95. The van der Waals surface area contributed by atoms with Crippen LogP contribution in [-0.2, 0) is 0 Å². The predicted molar refractivity (Wildman–Crippen MR) is 244 cm³/mol. The molecule has 2 unspecified atom stereocenters. The Morgan fingerprint density at radius 2 is 0.696 bits per heavy atom. The van der Waals surface area contributed by atoms with E-state index in [0.29, 0.717) is 11.8 Å². The minimum atomic E-state index is -0.00426. The third-order valence-corrected chi connectivity index (χ3v) is 11.8. The fraction of sp³-hybridized carbons (Fsp3) is 0.958. The number of carbonyl (C=O) groups excluding carboxylic acids is 2. The highest BCUT2D eigenvalue weighted by molar-refractivity contribution is 5.74. The van der Waals surface area contributed by atoms with E-state index in [-0.39, 0.29) is 18.7 Å². The van der Waals surface area contributed by atoms with Crippen LogP contribution in [0.15, 0.2) is 0 Å². The molecule has 4 amide bonds. The van der Waals surface area contributed by atoms with Gasteiger partial charge >= 0.3 is 12.1 Å². The molecule has 8 nitrogen and oxygen atoms in total. The highest BCUT2D eigenvalue weighted by Gasteiger charge is 2.12. The summed E-state index contributed by atoms with van der Waals surface area (Å²) in [7, 11) is 0. The van der Waals surface area contributed by atoms with E-state index in [9.17, 15) is 14.7 Å². The van der Waals surface area contributed by atoms with Crippen molar-refractivity contribution >= 4 is 12.1 Å². The molecule has 2 atom stereocenters. The Hall–Kier alpha value is -1.54. The number of urea groups is 2. The number of rotatable bonds is 44. The van der Waals surface area contributed by atoms with Crippen LogP contribution in [-0.4, -0.2) is 74.5 Å². The van der Waals surface area contributed by atoms with Crippen LogP contribution in [0.2, 0.25) is 0 Å². The zero-order valence-corrected chi connectivity index (χ0v) is 38.1. The molecule has 0 aromatic heterocycles. The molecule has 0 rings (SSSR count). The van der Waals surface area contributed by atoms with Gasteiger partial charge in [0.2, 0.25) is 0 Å². The van der Waals surface area contributed by atoms with Gasteiger partial charge in [-0.2, -0.15) is 0 Å². The van der Waals surface area contributed by atoms with Crippen molar-refractivity contribution in [3.63, 3.8) is 0 Å². The average Bonchev–Trinajstić information content (AvgIpc) is 3.20. The molecule has 8 heteroatoms. The maximum absolute atomic E-state index is 12.5. The van der Waals surface area contributed by atoms with Crippen LogP contribution in [0.25, 0.3) is 0 Å². The van der Waals surface area contributed by atoms with Crippen LogP contribution in [0, 0.1) is 11.8 Å². The molecule has 0 aromatic carbocycles. The van der Waals surface area contributed by atoms with Gasteiger partial charge in [0.05, 0.1) is 6.61 Å². The number of nitrogens with zero attached hydrogens (tertiary/aromatic N) is 1. The zero-order chi connectivity index (χ0) is 41.0. The summed E-state index contributed by atoms with van der Waals surface area (Å²) in [6.45, 7) is 15.1. The van der Waals surface area contributed by atoms with Crippen LogP contribution >= 0.6 is 0 Å². The molecule has 56 heavy (non-hydrogen) atoms. The Morgan fingerprint density at radius 1 is 0.393 bits per heavy atom. The highest BCUT2D eigenvalue weighted by atomic mass is 16.3. The van der Waals surface area contributed by atoms with Crippen LogP contribution < -0.4 is 21.3 Å². The Kier molecular flexibility index (Phi) is 43.3. The van der Waals surface area contributed by atoms with Crippen LogP contribution in [0.5, 0.6) is 0 Å². The topological polar surface area (TPSA) is 106 Å². The first kappa shape index (κ1) is 54.5. The second-order valence-corrected chi connectivity index (χ2v) is 17.2. The Bertz CT molecular complexity index is 754. The predicted octanol–water partition coefficient (Wildman–Crippen LogP) is 12.7. The van der Waals surface area contributed by atoms with E-state index in [2.05, 4.69) is 53.9 Å². The summed E-state index contributed by atoms with van der Waals surface area (Å²) in [5.74, 6) is 1.21. The van der Waals surface area contributed by atoms with Crippen molar-refractivity contribution in [3.8, 4) is 0 Å². The molecular formula is C48H99N5O3. The lowest BCUT2D eigenvalue weighted by Gasteiger charge is -2.21. The fourth-order valence-electron chi connectivity index (χ4n) is 7.95. The van der Waals surface area contributed by atoms with E-state index >= 15 is 0 Å². The van der Waals surface area contributed by atoms with Crippen molar-refractivity contribution in [1.82, 2.24) is 26.2 Å². The first-order chi connectivity index (χ1) is 27.5. The summed E-state index contributed by atoms with van der Waals surface area (Å²) < 4.78 is 0. The summed E-state index contributed by atoms with van der Waals surface area (Å²) in [5.41, 5.74) is 0. The van der Waals surface area contributed by atoms with Crippen molar-refractivity contribution < 1.29 is 14.7 Å². The molecule has 0 heterocycles. The summed E-state index contributed by atoms with van der Waals surface area (Å²) in [4.78, 5) is 27.4. The summed E-state index contributed by atoms with van der Waals surface area (Å²) in [6.07, 6.45) is 40.1. The molecule has 0 aliphatic heterocycles. The number of hydrogen-bond donors (Lipinski definition) is 5. The molecule has 334 valence electrons. The maximum Gasteiger partial charge on any atom is 0.314 e. The van der Waals surface area contributed by atoms with Gasteiger partial charge in [-0.05, 0) is 76.3 Å². The van der Waals surface area contributed by atoms with Gasteiger partial charge in [-0.15, -0.1) is 0 Å². The molecule has 0 aliphatic rings. The second-order valence-electron chi connectivity index (χ2n) is 17.2. The van der Waals surface area contributed by atoms with Gasteiger partial charge in [-0.1, -0.05) is 182 Å². The molecule has 0 saturated heterocycles. The smallest absolute Gasteiger partial charge is 0.314 e. The number of aliphatic hydroxyl groups excluding tert-OH is 1. The van der Waals surface area contributed by atoms with Gasteiger partial charge in [0, 0.05) is 32.7 Å². The van der Waals surface area contributed by atoms with Gasteiger partial charge in [-0.3, -0.25) is 0 Å². The van der Waals surface area contributed by atoms with Gasteiger partial charge in [0.1, 0.15) is 0 Å². The minimum Gasteiger partial charge on any atom is -0.395 e. The van der Waals surface area contributed by atoms with Crippen molar-refractivity contribution in [2.24, 2.45) is 11.8 Å². The number of nitrogens with one attached hydrogen (secondary N) is 4. The monoisotopic (exact) mass is 794 g/mol. The van der Waals surface area contributed by atoms with E-state index < -0.39 is 0 Å². The summed E-state index contributed by atoms with van der Waals surface area (Å²) >= 11 is 0. The quantitative estimate of drug-likeness (QED) is 0.0396. The molecule has 0 fully saturated rings. The van der Waals surface area contributed by atoms with E-state index in [4.69, 9.17) is 0 Å². The van der Waals surface area contributed by atoms with E-state index in [1.165, 1.54) is 154 Å². The van der Waals surface area contributed by atoms with Gasteiger partial charge in [0.15, 0.2) is 0 Å². The third kappa shape index (κ3) is 39.3. The molecular weight excluding hydrogens is 695 g/mol. The molecule has 0 radical (unpaired) electrons. The number of carbonyl (C=O) groups is 2. The third-order valence-electron chi connectivity index (χ3n) is 11.8. The average molecular weight is 794 g/mol. The van der Waals surface area contributed by atoms with E-state index in [1.807, 2.05) is 0 Å². The van der Waals surface area contributed by atoms with Crippen LogP contribution in [0.3, 0.4) is 0 Å². The molecule has 0 saturated carbocycles. The zero-order valence-electron chi connectivity index (χ0n) is 38.1.